The highest BCUT2D eigenvalue weighted by atomic mass is 16.5. The molecule has 0 bridgehead atoms. The van der Waals surface area contributed by atoms with Crippen molar-refractivity contribution in [1.29, 1.82) is 0 Å². The van der Waals surface area contributed by atoms with Crippen LogP contribution in [0.1, 0.15) is 28.6 Å². The Balaban J connectivity index is 2.39. The molecule has 0 fully saturated rings. The minimum atomic E-state index is -0.828. The number of fused-ring (bicyclic) bond motifs is 1. The number of ether oxygens (including phenoxy) is 1. The van der Waals surface area contributed by atoms with E-state index in [0.717, 1.165) is 10.9 Å². The molecule has 0 aliphatic heterocycles. The van der Waals surface area contributed by atoms with E-state index in [1.54, 1.807) is 13.8 Å². The number of carbonyl (C=O) groups is 1. The molecular weight excluding hydrogens is 270 g/mol. The summed E-state index contributed by atoms with van der Waals surface area (Å²) in [6.45, 7) is 5.48. The number of carbonyl (C=O) groups excluding carboxylic acids is 1. The Hall–Kier alpha value is -1.85. The van der Waals surface area contributed by atoms with Crippen LogP contribution in [-0.4, -0.2) is 36.9 Å². The molecule has 2 N–H and O–H groups in total. The Morgan fingerprint density at radius 3 is 2.76 bits per heavy atom. The van der Waals surface area contributed by atoms with E-state index in [1.807, 2.05) is 25.1 Å². The van der Waals surface area contributed by atoms with E-state index in [-0.39, 0.29) is 19.1 Å². The van der Waals surface area contributed by atoms with Crippen molar-refractivity contribution in [2.45, 2.75) is 26.3 Å². The lowest BCUT2D eigenvalue weighted by atomic mass is 10.0. The van der Waals surface area contributed by atoms with Crippen LogP contribution in [0.3, 0.4) is 0 Å². The van der Waals surface area contributed by atoms with Crippen LogP contribution in [0.2, 0.25) is 0 Å². The molecule has 1 amide bonds. The first kappa shape index (κ1) is 15.5. The lowest BCUT2D eigenvalue weighted by Crippen LogP contribution is -2.52. The monoisotopic (exact) mass is 291 g/mol. The Morgan fingerprint density at radius 1 is 1.43 bits per heavy atom. The zero-order valence-corrected chi connectivity index (χ0v) is 12.8. The molecule has 2 aromatic rings. The quantitative estimate of drug-likeness (QED) is 0.885. The summed E-state index contributed by atoms with van der Waals surface area (Å²) in [5.41, 5.74) is 1.41. The third-order valence-electron chi connectivity index (χ3n) is 3.47. The summed E-state index contributed by atoms with van der Waals surface area (Å²) in [7, 11) is 1.53. The first-order chi connectivity index (χ1) is 9.90. The van der Waals surface area contributed by atoms with Gasteiger partial charge in [0.1, 0.15) is 11.3 Å². The summed E-state index contributed by atoms with van der Waals surface area (Å²) < 4.78 is 10.7. The summed E-state index contributed by atoms with van der Waals surface area (Å²) in [5, 5.41) is 13.1. The number of aryl methyl sites for hydroxylation is 2. The van der Waals surface area contributed by atoms with Gasteiger partial charge in [0.2, 0.25) is 0 Å². The van der Waals surface area contributed by atoms with Crippen molar-refractivity contribution >= 4 is 16.9 Å². The number of amides is 1. The second-order valence-corrected chi connectivity index (χ2v) is 5.64. The number of aliphatic hydroxyl groups is 1. The van der Waals surface area contributed by atoms with Crippen molar-refractivity contribution < 1.29 is 19.1 Å². The van der Waals surface area contributed by atoms with E-state index in [2.05, 4.69) is 5.32 Å². The van der Waals surface area contributed by atoms with Crippen LogP contribution < -0.4 is 5.32 Å². The summed E-state index contributed by atoms with van der Waals surface area (Å²) in [4.78, 5) is 12.6. The van der Waals surface area contributed by atoms with Crippen molar-refractivity contribution in [2.75, 3.05) is 20.3 Å². The molecule has 2 rings (SSSR count). The molecule has 1 atom stereocenters. The first-order valence-electron chi connectivity index (χ1n) is 6.82. The number of aliphatic hydroxyl groups excluding tert-OH is 1. The number of furan rings is 1. The Morgan fingerprint density at radius 2 is 2.14 bits per heavy atom. The zero-order chi connectivity index (χ0) is 15.6. The van der Waals surface area contributed by atoms with Gasteiger partial charge in [-0.25, -0.2) is 0 Å². The van der Waals surface area contributed by atoms with Crippen molar-refractivity contribution in [1.82, 2.24) is 5.32 Å². The van der Waals surface area contributed by atoms with Gasteiger partial charge < -0.3 is 19.6 Å². The molecule has 114 valence electrons. The van der Waals surface area contributed by atoms with Gasteiger partial charge in [0.05, 0.1) is 24.3 Å². The van der Waals surface area contributed by atoms with Crippen LogP contribution in [0.5, 0.6) is 0 Å². The second-order valence-electron chi connectivity index (χ2n) is 5.64. The van der Waals surface area contributed by atoms with Gasteiger partial charge in [-0.1, -0.05) is 11.6 Å². The number of hydrogen-bond acceptors (Lipinski definition) is 4. The van der Waals surface area contributed by atoms with Crippen molar-refractivity contribution in [2.24, 2.45) is 0 Å². The largest absolute Gasteiger partial charge is 0.461 e. The molecule has 0 aliphatic rings. The van der Waals surface area contributed by atoms with Crippen LogP contribution in [0, 0.1) is 13.8 Å². The third-order valence-corrected chi connectivity index (χ3v) is 3.47. The van der Waals surface area contributed by atoms with Gasteiger partial charge in [-0.2, -0.15) is 0 Å². The maximum Gasteiger partial charge on any atom is 0.256 e. The van der Waals surface area contributed by atoms with Gasteiger partial charge in [-0.15, -0.1) is 0 Å². The fourth-order valence-electron chi connectivity index (χ4n) is 2.39. The molecular formula is C16H21NO4. The maximum absolute atomic E-state index is 12.6. The van der Waals surface area contributed by atoms with Gasteiger partial charge in [-0.05, 0) is 32.9 Å². The van der Waals surface area contributed by atoms with Crippen LogP contribution in [0.4, 0.5) is 0 Å². The Kier molecular flexibility index (Phi) is 4.34. The van der Waals surface area contributed by atoms with E-state index in [9.17, 15) is 9.90 Å². The van der Waals surface area contributed by atoms with Crippen LogP contribution in [0.25, 0.3) is 11.0 Å². The summed E-state index contributed by atoms with van der Waals surface area (Å²) in [6.07, 6.45) is 0. The van der Waals surface area contributed by atoms with Crippen LogP contribution in [0.15, 0.2) is 22.6 Å². The molecule has 0 saturated carbocycles. The van der Waals surface area contributed by atoms with E-state index >= 15 is 0 Å². The lowest BCUT2D eigenvalue weighted by Gasteiger charge is -2.27. The summed E-state index contributed by atoms with van der Waals surface area (Å²) >= 11 is 0. The molecule has 21 heavy (non-hydrogen) atoms. The minimum absolute atomic E-state index is 0.208. The van der Waals surface area contributed by atoms with Crippen molar-refractivity contribution in [3.63, 3.8) is 0 Å². The normalized spacial score (nSPS) is 14.1. The van der Waals surface area contributed by atoms with E-state index < -0.39 is 5.54 Å². The van der Waals surface area contributed by atoms with Crippen LogP contribution in [-0.2, 0) is 4.74 Å². The number of hydrogen-bond donors (Lipinski definition) is 2. The number of nitrogens with one attached hydrogen (secondary N) is 1. The SMILES string of the molecule is COCC(C)(CO)NC(=O)c1c(C)oc2ccc(C)cc12. The Bertz CT molecular complexity index is 662. The van der Waals surface area contributed by atoms with Gasteiger partial charge in [0.25, 0.3) is 5.91 Å². The molecule has 1 aromatic carbocycles. The Labute approximate surface area is 123 Å². The van der Waals surface area contributed by atoms with E-state index in [4.69, 9.17) is 9.15 Å². The molecule has 5 nitrogen and oxygen atoms in total. The van der Waals surface area contributed by atoms with Crippen molar-refractivity contribution in [3.8, 4) is 0 Å². The lowest BCUT2D eigenvalue weighted by molar-refractivity contribution is 0.0597. The zero-order valence-electron chi connectivity index (χ0n) is 12.8. The van der Waals surface area contributed by atoms with Gasteiger partial charge in [-0.3, -0.25) is 4.79 Å². The molecule has 0 radical (unpaired) electrons. The smallest absolute Gasteiger partial charge is 0.256 e. The van der Waals surface area contributed by atoms with E-state index in [0.29, 0.717) is 16.9 Å². The fourth-order valence-corrected chi connectivity index (χ4v) is 2.39. The summed E-state index contributed by atoms with van der Waals surface area (Å²) in [5.74, 6) is 0.288. The molecule has 1 heterocycles. The highest BCUT2D eigenvalue weighted by Crippen LogP contribution is 2.26. The molecule has 0 spiro atoms. The maximum atomic E-state index is 12.6. The number of rotatable bonds is 5. The first-order valence-corrected chi connectivity index (χ1v) is 6.82. The molecule has 0 saturated heterocycles. The predicted molar refractivity (Wildman–Crippen MR) is 80.5 cm³/mol. The molecule has 5 heteroatoms. The number of methoxy groups -OCH3 is 1. The minimum Gasteiger partial charge on any atom is -0.461 e. The predicted octanol–water partition coefficient (Wildman–Crippen LogP) is 2.18. The average molecular weight is 291 g/mol. The highest BCUT2D eigenvalue weighted by Gasteiger charge is 2.28. The standard InChI is InChI=1S/C16H21NO4/c1-10-5-6-13-12(7-10)14(11(2)21-13)15(19)17-16(3,8-18)9-20-4/h5-7,18H,8-9H2,1-4H3,(H,17,19). The molecule has 1 unspecified atom stereocenters. The highest BCUT2D eigenvalue weighted by molar-refractivity contribution is 6.07. The van der Waals surface area contributed by atoms with Gasteiger partial charge >= 0.3 is 0 Å². The number of benzene rings is 1. The fraction of sp³-hybridized carbons (Fsp3) is 0.438. The molecule has 0 aliphatic carbocycles. The van der Waals surface area contributed by atoms with Gasteiger partial charge in [0.15, 0.2) is 0 Å². The van der Waals surface area contributed by atoms with Gasteiger partial charge in [0, 0.05) is 12.5 Å². The second kappa shape index (κ2) is 5.87. The third kappa shape index (κ3) is 3.09. The van der Waals surface area contributed by atoms with Crippen molar-refractivity contribution in [3.05, 3.63) is 35.1 Å². The van der Waals surface area contributed by atoms with E-state index in [1.165, 1.54) is 7.11 Å². The average Bonchev–Trinajstić information content (AvgIpc) is 2.74. The summed E-state index contributed by atoms with van der Waals surface area (Å²) in [6, 6.07) is 5.72. The molecule has 1 aromatic heterocycles. The van der Waals surface area contributed by atoms with Crippen LogP contribution >= 0.6 is 0 Å². The topological polar surface area (TPSA) is 71.7 Å².